The molecular weight excluding hydrogens is 512 g/mol. The first-order valence-electron chi connectivity index (χ1n) is 11.7. The van der Waals surface area contributed by atoms with E-state index < -0.39 is 29.1 Å². The number of hydrogen-bond acceptors (Lipinski definition) is 7. The highest BCUT2D eigenvalue weighted by Gasteiger charge is 2.27. The number of nitrogens with zero attached hydrogens (tertiary/aromatic N) is 1. The number of carbonyl (C=O) groups is 2. The van der Waals surface area contributed by atoms with Crippen LogP contribution >= 0.6 is 11.3 Å². The molecule has 11 heteroatoms. The molecule has 0 spiro atoms. The van der Waals surface area contributed by atoms with E-state index in [2.05, 4.69) is 36.1 Å². The lowest BCUT2D eigenvalue weighted by molar-refractivity contribution is -0.123. The Hall–Kier alpha value is -3.44. The fourth-order valence-electron chi connectivity index (χ4n) is 3.58. The monoisotopic (exact) mass is 544 g/mol. The molecule has 0 saturated carbocycles. The third-order valence-electron chi connectivity index (χ3n) is 5.60. The van der Waals surface area contributed by atoms with Gasteiger partial charge in [0.05, 0.1) is 18.8 Å². The van der Waals surface area contributed by atoms with Gasteiger partial charge in [-0.15, -0.1) is 11.3 Å². The molecule has 2 atom stereocenters. The Morgan fingerprint density at radius 1 is 0.973 bits per heavy atom. The quantitative estimate of drug-likeness (QED) is 0.288. The molecule has 1 aromatic heterocycles. The Bertz CT molecular complexity index is 1260. The number of hydrogen-bond donors (Lipinski definition) is 4. The summed E-state index contributed by atoms with van der Waals surface area (Å²) in [5.74, 6) is -0.367. The topological polar surface area (TPSA) is 126 Å². The third kappa shape index (κ3) is 8.57. The smallest absolute Gasteiger partial charge is 0.407 e. The van der Waals surface area contributed by atoms with Gasteiger partial charge in [-0.2, -0.15) is 0 Å². The second-order valence-corrected chi connectivity index (χ2v) is 11.2. The van der Waals surface area contributed by atoms with Gasteiger partial charge < -0.3 is 15.4 Å². The Morgan fingerprint density at radius 3 is 2.19 bits per heavy atom. The first-order chi connectivity index (χ1) is 17.5. The normalized spacial score (nSPS) is 13.0. The molecule has 37 heavy (non-hydrogen) atoms. The van der Waals surface area contributed by atoms with Crippen LogP contribution < -0.4 is 15.4 Å². The van der Waals surface area contributed by atoms with E-state index in [4.69, 9.17) is 9.72 Å². The molecule has 0 aliphatic carbocycles. The van der Waals surface area contributed by atoms with Crippen LogP contribution in [-0.4, -0.2) is 38.6 Å². The van der Waals surface area contributed by atoms with Gasteiger partial charge in [-0.25, -0.2) is 18.2 Å². The van der Waals surface area contributed by atoms with Crippen molar-refractivity contribution in [1.82, 2.24) is 15.6 Å². The molecule has 0 bridgehead atoms. The second-order valence-electron chi connectivity index (χ2n) is 9.53. The van der Waals surface area contributed by atoms with E-state index in [0.717, 1.165) is 21.8 Å². The summed E-state index contributed by atoms with van der Waals surface area (Å²) in [6, 6.07) is 15.0. The van der Waals surface area contributed by atoms with Gasteiger partial charge in [-0.3, -0.25) is 9.52 Å². The summed E-state index contributed by atoms with van der Waals surface area (Å²) in [4.78, 5) is 30.3. The molecule has 3 rings (SSSR count). The first kappa shape index (κ1) is 28.1. The van der Waals surface area contributed by atoms with Gasteiger partial charge in [0.1, 0.15) is 11.0 Å². The molecule has 0 radical (unpaired) electrons. The lowest BCUT2D eigenvalue weighted by Crippen LogP contribution is -2.49. The molecule has 2 aromatic carbocycles. The van der Waals surface area contributed by atoms with Crippen molar-refractivity contribution < 1.29 is 22.7 Å². The number of amides is 2. The molecule has 3 aromatic rings. The lowest BCUT2D eigenvalue weighted by atomic mass is 9.93. The van der Waals surface area contributed by atoms with Gasteiger partial charge in [0.25, 0.3) is 0 Å². The summed E-state index contributed by atoms with van der Waals surface area (Å²) in [5, 5.41) is 8.43. The molecule has 198 valence electrons. The van der Waals surface area contributed by atoms with Crippen LogP contribution in [0.3, 0.4) is 0 Å². The molecule has 9 nitrogen and oxygen atoms in total. The number of nitrogens with one attached hydrogen (secondary N) is 3. The summed E-state index contributed by atoms with van der Waals surface area (Å²) in [5.41, 5.74) is 2.98. The average molecular weight is 545 g/mol. The van der Waals surface area contributed by atoms with Crippen molar-refractivity contribution in [2.24, 2.45) is 0 Å². The maximum absolute atomic E-state index is 13.5. The van der Waals surface area contributed by atoms with Crippen LogP contribution in [0, 0.1) is 0 Å². The van der Waals surface area contributed by atoms with Crippen LogP contribution in [0.5, 0.6) is 0 Å². The number of rotatable bonds is 10. The number of carbonyl (C=O) groups excluding carboxylic acids is 2. The van der Waals surface area contributed by atoms with E-state index in [-0.39, 0.29) is 17.7 Å². The van der Waals surface area contributed by atoms with Crippen molar-refractivity contribution in [2.45, 2.75) is 51.1 Å². The van der Waals surface area contributed by atoms with E-state index in [1.54, 1.807) is 24.3 Å². The molecule has 1 heterocycles. The molecule has 0 saturated heterocycles. The molecule has 0 aliphatic heterocycles. The molecule has 0 fully saturated rings. The van der Waals surface area contributed by atoms with Crippen molar-refractivity contribution >= 4 is 39.9 Å². The molecule has 2 amide bonds. The van der Waals surface area contributed by atoms with E-state index in [1.165, 1.54) is 18.4 Å². The Kier molecular flexibility index (Phi) is 9.65. The van der Waals surface area contributed by atoms with Crippen molar-refractivity contribution in [2.75, 3.05) is 11.8 Å². The van der Waals surface area contributed by atoms with E-state index in [1.807, 2.05) is 35.7 Å². The van der Waals surface area contributed by atoms with Gasteiger partial charge in [0.15, 0.2) is 0 Å². The number of thiol groups is 1. The number of aromatic nitrogens is 1. The highest BCUT2D eigenvalue weighted by atomic mass is 32.2. The van der Waals surface area contributed by atoms with Crippen LogP contribution in [0.2, 0.25) is 0 Å². The Balaban J connectivity index is 1.87. The zero-order valence-electron chi connectivity index (χ0n) is 21.2. The SMILES string of the molecule is COC(=O)N[C@@H](Cc1ccccc1)C(=O)N[C@@H](Cc1ccc(N[SH](=O)=O)cc1)c1nc(C(C)(C)C)cs1. The van der Waals surface area contributed by atoms with E-state index in [0.29, 0.717) is 12.1 Å². The summed E-state index contributed by atoms with van der Waals surface area (Å²) in [6.07, 6.45) is 0.00711. The van der Waals surface area contributed by atoms with Crippen molar-refractivity contribution in [1.29, 1.82) is 0 Å². The van der Waals surface area contributed by atoms with Crippen molar-refractivity contribution in [3.05, 3.63) is 81.8 Å². The van der Waals surface area contributed by atoms with Crippen LogP contribution in [0.4, 0.5) is 10.5 Å². The largest absolute Gasteiger partial charge is 0.453 e. The zero-order chi connectivity index (χ0) is 27.0. The minimum Gasteiger partial charge on any atom is -0.453 e. The summed E-state index contributed by atoms with van der Waals surface area (Å²) >= 11 is 1.46. The second kappa shape index (κ2) is 12.7. The van der Waals surface area contributed by atoms with Crippen LogP contribution in [0.1, 0.15) is 48.6 Å². The van der Waals surface area contributed by atoms with Gasteiger partial charge in [0, 0.05) is 22.9 Å². The van der Waals surface area contributed by atoms with Crippen LogP contribution in [-0.2, 0) is 38.7 Å². The molecule has 0 unspecified atom stereocenters. The summed E-state index contributed by atoms with van der Waals surface area (Å²) < 4.78 is 29.0. The predicted molar refractivity (Wildman–Crippen MR) is 145 cm³/mol. The standard InChI is InChI=1S/C26H32N4O5S2/c1-26(2,3)22-16-36-24(29-22)21(15-18-10-12-19(13-11-18)30-37(33)34)27-23(31)20(28-25(32)35-4)14-17-8-6-5-7-9-17/h5-13,16,20-21,37H,14-15H2,1-4H3,(H,27,31)(H,28,32)(H,30,33,34)/t20-,21-/m0/s1. The number of anilines is 1. The fourth-order valence-corrected chi connectivity index (χ4v) is 5.04. The number of methoxy groups -OCH3 is 1. The number of thiazole rings is 1. The minimum absolute atomic E-state index is 0.159. The molecular formula is C26H32N4O5S2. The Morgan fingerprint density at radius 2 is 1.62 bits per heavy atom. The van der Waals surface area contributed by atoms with Gasteiger partial charge >= 0.3 is 6.09 Å². The fraction of sp³-hybridized carbons (Fsp3) is 0.346. The Labute approximate surface area is 222 Å². The van der Waals surface area contributed by atoms with Crippen LogP contribution in [0.25, 0.3) is 0 Å². The highest BCUT2D eigenvalue weighted by Crippen LogP contribution is 2.29. The first-order valence-corrected chi connectivity index (χ1v) is 13.8. The van der Waals surface area contributed by atoms with Gasteiger partial charge in [0.2, 0.25) is 16.8 Å². The van der Waals surface area contributed by atoms with Crippen LogP contribution in [0.15, 0.2) is 60.0 Å². The summed E-state index contributed by atoms with van der Waals surface area (Å²) in [7, 11) is -1.51. The third-order valence-corrected chi connectivity index (χ3v) is 6.99. The maximum atomic E-state index is 13.5. The van der Waals surface area contributed by atoms with Crippen molar-refractivity contribution in [3.63, 3.8) is 0 Å². The summed E-state index contributed by atoms with van der Waals surface area (Å²) in [6.45, 7) is 6.21. The number of benzene rings is 2. The van der Waals surface area contributed by atoms with E-state index >= 15 is 0 Å². The predicted octanol–water partition coefficient (Wildman–Crippen LogP) is 3.75. The lowest BCUT2D eigenvalue weighted by Gasteiger charge is -2.23. The van der Waals surface area contributed by atoms with Gasteiger partial charge in [-0.05, 0) is 29.7 Å². The highest BCUT2D eigenvalue weighted by molar-refractivity contribution is 7.73. The number of alkyl carbamates (subject to hydrolysis) is 1. The van der Waals surface area contributed by atoms with Gasteiger partial charge in [-0.1, -0.05) is 63.2 Å². The zero-order valence-corrected chi connectivity index (χ0v) is 22.9. The molecule has 0 aliphatic rings. The average Bonchev–Trinajstić information content (AvgIpc) is 3.36. The van der Waals surface area contributed by atoms with Crippen molar-refractivity contribution in [3.8, 4) is 0 Å². The van der Waals surface area contributed by atoms with E-state index in [9.17, 15) is 18.0 Å². The molecule has 3 N–H and O–H groups in total. The number of ether oxygens (including phenoxy) is 1. The minimum atomic E-state index is -2.76. The maximum Gasteiger partial charge on any atom is 0.407 e.